The molecule has 0 aliphatic carbocycles. The van der Waals surface area contributed by atoms with Crippen molar-refractivity contribution in [3.8, 4) is 17.6 Å². The molecule has 0 aromatic heterocycles. The third-order valence-electron chi connectivity index (χ3n) is 3.49. The highest BCUT2D eigenvalue weighted by atomic mass is 16.5. The van der Waals surface area contributed by atoms with Crippen molar-refractivity contribution in [2.45, 2.75) is 13.5 Å². The first-order chi connectivity index (χ1) is 11.1. The Labute approximate surface area is 135 Å². The second-order valence-electron chi connectivity index (χ2n) is 4.96. The van der Waals surface area contributed by atoms with Gasteiger partial charge in [0.2, 0.25) is 0 Å². The van der Waals surface area contributed by atoms with E-state index in [-0.39, 0.29) is 5.78 Å². The van der Waals surface area contributed by atoms with Crippen LogP contribution in [0.1, 0.15) is 28.4 Å². The maximum atomic E-state index is 11.7. The zero-order chi connectivity index (χ0) is 16.8. The zero-order valence-corrected chi connectivity index (χ0v) is 13.3. The van der Waals surface area contributed by atoms with Crippen LogP contribution >= 0.6 is 0 Å². The third-order valence-corrected chi connectivity index (χ3v) is 3.49. The summed E-state index contributed by atoms with van der Waals surface area (Å²) in [5.41, 5.74) is 2.61. The van der Waals surface area contributed by atoms with Gasteiger partial charge in [-0.2, -0.15) is 5.26 Å². The van der Waals surface area contributed by atoms with Crippen molar-refractivity contribution < 1.29 is 14.3 Å². The van der Waals surface area contributed by atoms with Crippen molar-refractivity contribution >= 4 is 11.5 Å². The Morgan fingerprint density at radius 3 is 2.57 bits per heavy atom. The molecule has 0 fully saturated rings. The molecule has 0 spiro atoms. The van der Waals surface area contributed by atoms with Crippen molar-refractivity contribution in [2.24, 2.45) is 0 Å². The highest BCUT2D eigenvalue weighted by Gasteiger charge is 2.10. The van der Waals surface area contributed by atoms with Crippen LogP contribution in [0.4, 0.5) is 5.69 Å². The van der Waals surface area contributed by atoms with Gasteiger partial charge in [-0.05, 0) is 37.3 Å². The molecule has 2 rings (SSSR count). The molecule has 5 nitrogen and oxygen atoms in total. The number of carbonyl (C=O) groups excluding carboxylic acids is 1. The minimum absolute atomic E-state index is 0.0568. The Balaban J connectivity index is 2.27. The van der Waals surface area contributed by atoms with Crippen LogP contribution in [0.3, 0.4) is 0 Å². The predicted octanol–water partition coefficient (Wildman–Crippen LogP) is 3.39. The molecule has 0 aliphatic rings. The van der Waals surface area contributed by atoms with Gasteiger partial charge in [-0.3, -0.25) is 4.79 Å². The van der Waals surface area contributed by atoms with E-state index in [1.165, 1.54) is 6.92 Å². The molecule has 118 valence electrons. The quantitative estimate of drug-likeness (QED) is 0.828. The summed E-state index contributed by atoms with van der Waals surface area (Å²) in [6.07, 6.45) is 0. The predicted molar refractivity (Wildman–Crippen MR) is 88.0 cm³/mol. The molecule has 1 N–H and O–H groups in total. The number of anilines is 1. The lowest BCUT2D eigenvalue weighted by Gasteiger charge is -2.14. The average Bonchev–Trinajstić information content (AvgIpc) is 2.59. The minimum atomic E-state index is -0.0568. The summed E-state index contributed by atoms with van der Waals surface area (Å²) in [6.45, 7) is 1.96. The van der Waals surface area contributed by atoms with Crippen molar-refractivity contribution in [1.82, 2.24) is 0 Å². The molecule has 23 heavy (non-hydrogen) atoms. The van der Waals surface area contributed by atoms with E-state index in [2.05, 4.69) is 11.4 Å². The number of rotatable bonds is 6. The van der Waals surface area contributed by atoms with Crippen molar-refractivity contribution in [3.63, 3.8) is 0 Å². The number of Topliss-reactive ketones (excluding diaryl/α,β-unsaturated/α-hetero) is 1. The molecular weight excluding hydrogens is 292 g/mol. The van der Waals surface area contributed by atoms with Crippen molar-refractivity contribution in [1.29, 1.82) is 5.26 Å². The largest absolute Gasteiger partial charge is 0.497 e. The first-order valence-corrected chi connectivity index (χ1v) is 7.09. The molecule has 0 aliphatic heterocycles. The van der Waals surface area contributed by atoms with Gasteiger partial charge in [0, 0.05) is 29.4 Å². The summed E-state index contributed by atoms with van der Waals surface area (Å²) in [5, 5.41) is 12.2. The maximum Gasteiger partial charge on any atom is 0.161 e. The van der Waals surface area contributed by atoms with Crippen LogP contribution < -0.4 is 14.8 Å². The lowest BCUT2D eigenvalue weighted by molar-refractivity contribution is 0.101. The fraction of sp³-hybridized carbons (Fsp3) is 0.222. The Hall–Kier alpha value is -3.00. The van der Waals surface area contributed by atoms with Crippen LogP contribution in [0.2, 0.25) is 0 Å². The summed E-state index contributed by atoms with van der Waals surface area (Å²) in [6, 6.07) is 12.6. The molecule has 0 radical (unpaired) electrons. The van der Waals surface area contributed by atoms with E-state index in [0.717, 1.165) is 5.56 Å². The number of nitrogens with one attached hydrogen (secondary N) is 1. The van der Waals surface area contributed by atoms with Gasteiger partial charge in [-0.15, -0.1) is 0 Å². The number of hydrogen-bond acceptors (Lipinski definition) is 5. The summed E-state index contributed by atoms with van der Waals surface area (Å²) >= 11 is 0. The fourth-order valence-electron chi connectivity index (χ4n) is 2.26. The summed E-state index contributed by atoms with van der Waals surface area (Å²) < 4.78 is 10.5. The van der Waals surface area contributed by atoms with E-state index in [9.17, 15) is 4.79 Å². The van der Waals surface area contributed by atoms with Crippen LogP contribution in [0.25, 0.3) is 0 Å². The molecular formula is C18H18N2O3. The van der Waals surface area contributed by atoms with Gasteiger partial charge in [-0.25, -0.2) is 0 Å². The van der Waals surface area contributed by atoms with Crippen LogP contribution in [-0.4, -0.2) is 20.0 Å². The van der Waals surface area contributed by atoms with Crippen LogP contribution in [0.15, 0.2) is 36.4 Å². The average molecular weight is 310 g/mol. The van der Waals surface area contributed by atoms with Gasteiger partial charge in [0.25, 0.3) is 0 Å². The highest BCUT2D eigenvalue weighted by Crippen LogP contribution is 2.26. The standard InChI is InChI=1S/C18H18N2O3/c1-12(21)16-7-4-13(10-19)8-17(16)20-11-14-5-6-15(22-2)9-18(14)23-3/h4-9,20H,11H2,1-3H3. The van der Waals surface area contributed by atoms with E-state index in [1.807, 2.05) is 12.1 Å². The monoisotopic (exact) mass is 310 g/mol. The summed E-state index contributed by atoms with van der Waals surface area (Å²) in [5.74, 6) is 1.35. The van der Waals surface area contributed by atoms with Gasteiger partial charge in [0.15, 0.2) is 5.78 Å². The number of methoxy groups -OCH3 is 2. The summed E-state index contributed by atoms with van der Waals surface area (Å²) in [4.78, 5) is 11.7. The smallest absolute Gasteiger partial charge is 0.161 e. The number of hydrogen-bond donors (Lipinski definition) is 1. The molecule has 2 aromatic rings. The topological polar surface area (TPSA) is 71.3 Å². The Morgan fingerprint density at radius 1 is 1.17 bits per heavy atom. The van der Waals surface area contributed by atoms with E-state index in [1.54, 1.807) is 38.5 Å². The van der Waals surface area contributed by atoms with Gasteiger partial charge >= 0.3 is 0 Å². The Morgan fingerprint density at radius 2 is 1.96 bits per heavy atom. The molecule has 2 aromatic carbocycles. The molecule has 0 amide bonds. The van der Waals surface area contributed by atoms with Crippen LogP contribution in [0.5, 0.6) is 11.5 Å². The lowest BCUT2D eigenvalue weighted by atomic mass is 10.1. The number of carbonyl (C=O) groups is 1. The van der Waals surface area contributed by atoms with Gasteiger partial charge in [0.05, 0.1) is 25.9 Å². The Bertz CT molecular complexity index is 763. The first kappa shape index (κ1) is 16.4. The highest BCUT2D eigenvalue weighted by molar-refractivity contribution is 5.99. The van der Waals surface area contributed by atoms with Gasteiger partial charge in [-0.1, -0.05) is 0 Å². The minimum Gasteiger partial charge on any atom is -0.497 e. The van der Waals surface area contributed by atoms with Crippen molar-refractivity contribution in [3.05, 3.63) is 53.1 Å². The van der Waals surface area contributed by atoms with Crippen LogP contribution in [-0.2, 0) is 6.54 Å². The number of benzene rings is 2. The summed E-state index contributed by atoms with van der Waals surface area (Å²) in [7, 11) is 3.19. The second-order valence-corrected chi connectivity index (χ2v) is 4.96. The van der Waals surface area contributed by atoms with Crippen molar-refractivity contribution in [2.75, 3.05) is 19.5 Å². The maximum absolute atomic E-state index is 11.7. The molecule has 0 saturated carbocycles. The number of nitrogens with zero attached hydrogens (tertiary/aromatic N) is 1. The zero-order valence-electron chi connectivity index (χ0n) is 13.3. The lowest BCUT2D eigenvalue weighted by Crippen LogP contribution is -2.06. The normalized spacial score (nSPS) is 9.83. The van der Waals surface area contributed by atoms with Gasteiger partial charge in [0.1, 0.15) is 11.5 Å². The molecule has 0 bridgehead atoms. The molecule has 0 atom stereocenters. The fourth-order valence-corrected chi connectivity index (χ4v) is 2.26. The molecule has 5 heteroatoms. The van der Waals surface area contributed by atoms with E-state index in [0.29, 0.717) is 34.9 Å². The number of ketones is 1. The SMILES string of the molecule is COc1ccc(CNc2cc(C#N)ccc2C(C)=O)c(OC)c1. The van der Waals surface area contributed by atoms with E-state index < -0.39 is 0 Å². The van der Waals surface area contributed by atoms with E-state index in [4.69, 9.17) is 14.7 Å². The molecule has 0 unspecified atom stereocenters. The Kier molecular flexibility index (Phi) is 5.21. The first-order valence-electron chi connectivity index (χ1n) is 7.09. The van der Waals surface area contributed by atoms with Crippen LogP contribution in [0, 0.1) is 11.3 Å². The third kappa shape index (κ3) is 3.80. The number of ether oxygens (including phenoxy) is 2. The number of nitriles is 1. The van der Waals surface area contributed by atoms with Gasteiger partial charge < -0.3 is 14.8 Å². The second kappa shape index (κ2) is 7.32. The molecule has 0 heterocycles. The molecule has 0 saturated heterocycles. The van der Waals surface area contributed by atoms with E-state index >= 15 is 0 Å².